The topological polar surface area (TPSA) is 36.4 Å². The summed E-state index contributed by atoms with van der Waals surface area (Å²) in [5.74, 6) is 0.258. The number of benzene rings is 2. The summed E-state index contributed by atoms with van der Waals surface area (Å²) in [5.41, 5.74) is 3.63. The van der Waals surface area contributed by atoms with Gasteiger partial charge in [-0.05, 0) is 61.1 Å². The molecule has 1 fully saturated rings. The molecule has 0 radical (unpaired) electrons. The van der Waals surface area contributed by atoms with E-state index in [1.807, 2.05) is 23.1 Å². The molecular formula is C25H28ClN3OS. The SMILES string of the molecule is CC(C)c1ccccc1N(Cc1csc(N2CCCCC2)n1)C(=O)c1ccc(Cl)cc1. The van der Waals surface area contributed by atoms with Crippen LogP contribution in [0.25, 0.3) is 0 Å². The van der Waals surface area contributed by atoms with E-state index in [2.05, 4.69) is 30.2 Å². The van der Waals surface area contributed by atoms with Crippen LogP contribution in [0.3, 0.4) is 0 Å². The zero-order valence-electron chi connectivity index (χ0n) is 18.1. The maximum Gasteiger partial charge on any atom is 0.258 e. The fraction of sp³-hybridized carbons (Fsp3) is 0.360. The van der Waals surface area contributed by atoms with E-state index in [1.165, 1.54) is 19.3 Å². The number of hydrogen-bond donors (Lipinski definition) is 0. The van der Waals surface area contributed by atoms with Crippen molar-refractivity contribution in [2.24, 2.45) is 0 Å². The van der Waals surface area contributed by atoms with E-state index in [9.17, 15) is 4.79 Å². The minimum atomic E-state index is -0.0442. The van der Waals surface area contributed by atoms with E-state index in [4.69, 9.17) is 16.6 Å². The minimum absolute atomic E-state index is 0.0442. The summed E-state index contributed by atoms with van der Waals surface area (Å²) in [4.78, 5) is 22.7. The average molecular weight is 454 g/mol. The number of aromatic nitrogens is 1. The Hall–Kier alpha value is -2.37. The average Bonchev–Trinajstić information content (AvgIpc) is 3.27. The van der Waals surface area contributed by atoms with Crippen LogP contribution in [0.15, 0.2) is 53.9 Å². The highest BCUT2D eigenvalue weighted by Crippen LogP contribution is 2.31. The lowest BCUT2D eigenvalue weighted by molar-refractivity contribution is 0.0984. The van der Waals surface area contributed by atoms with Gasteiger partial charge in [0.05, 0.1) is 12.2 Å². The van der Waals surface area contributed by atoms with Gasteiger partial charge in [0.15, 0.2) is 5.13 Å². The summed E-state index contributed by atoms with van der Waals surface area (Å²) in [6.07, 6.45) is 3.74. The van der Waals surface area contributed by atoms with Crippen LogP contribution in [-0.4, -0.2) is 24.0 Å². The highest BCUT2D eigenvalue weighted by atomic mass is 35.5. The van der Waals surface area contributed by atoms with Crippen molar-refractivity contribution >= 4 is 39.7 Å². The number of amides is 1. The third-order valence-corrected chi connectivity index (χ3v) is 6.87. The number of carbonyl (C=O) groups excluding carboxylic acids is 1. The van der Waals surface area contributed by atoms with Crippen LogP contribution in [0.1, 0.15) is 60.6 Å². The maximum atomic E-state index is 13.6. The van der Waals surface area contributed by atoms with Crippen molar-refractivity contribution in [1.29, 1.82) is 0 Å². The van der Waals surface area contributed by atoms with Gasteiger partial charge in [0.1, 0.15) is 0 Å². The van der Waals surface area contributed by atoms with Gasteiger partial charge in [-0.2, -0.15) is 0 Å². The lowest BCUT2D eigenvalue weighted by Gasteiger charge is -2.27. The number of nitrogens with zero attached hydrogens (tertiary/aromatic N) is 3. The first kappa shape index (κ1) is 21.8. The van der Waals surface area contributed by atoms with Crippen molar-refractivity contribution < 1.29 is 4.79 Å². The first-order valence-corrected chi connectivity index (χ1v) is 12.1. The summed E-state index contributed by atoms with van der Waals surface area (Å²) >= 11 is 7.72. The van der Waals surface area contributed by atoms with Gasteiger partial charge < -0.3 is 9.80 Å². The Morgan fingerprint density at radius 2 is 1.81 bits per heavy atom. The van der Waals surface area contributed by atoms with Crippen molar-refractivity contribution in [3.05, 3.63) is 75.8 Å². The van der Waals surface area contributed by atoms with Crippen molar-refractivity contribution in [1.82, 2.24) is 4.98 Å². The second-order valence-corrected chi connectivity index (χ2v) is 9.55. The van der Waals surface area contributed by atoms with Crippen LogP contribution in [0.2, 0.25) is 5.02 Å². The summed E-state index contributed by atoms with van der Waals surface area (Å²) < 4.78 is 0. The summed E-state index contributed by atoms with van der Waals surface area (Å²) in [7, 11) is 0. The van der Waals surface area contributed by atoms with Gasteiger partial charge in [-0.25, -0.2) is 4.98 Å². The molecule has 0 aliphatic carbocycles. The molecule has 1 aliphatic heterocycles. The molecule has 1 saturated heterocycles. The molecule has 2 heterocycles. The van der Waals surface area contributed by atoms with Crippen LogP contribution in [-0.2, 0) is 6.54 Å². The summed E-state index contributed by atoms with van der Waals surface area (Å²) in [5, 5.41) is 3.77. The predicted octanol–water partition coefficient (Wildman–Crippen LogP) is 6.76. The van der Waals surface area contributed by atoms with Crippen LogP contribution >= 0.6 is 22.9 Å². The molecule has 0 atom stereocenters. The number of carbonyl (C=O) groups is 1. The van der Waals surface area contributed by atoms with Gasteiger partial charge in [-0.3, -0.25) is 4.79 Å². The fourth-order valence-corrected chi connectivity index (χ4v) is 4.99. The molecular weight excluding hydrogens is 426 g/mol. The first-order valence-electron chi connectivity index (χ1n) is 10.9. The number of para-hydroxylation sites is 1. The molecule has 0 N–H and O–H groups in total. The Kier molecular flexibility index (Phi) is 6.93. The monoisotopic (exact) mass is 453 g/mol. The Labute approximate surface area is 193 Å². The molecule has 0 unspecified atom stereocenters. The van der Waals surface area contributed by atoms with E-state index in [1.54, 1.807) is 35.6 Å². The Bertz CT molecular complexity index is 1030. The highest BCUT2D eigenvalue weighted by molar-refractivity contribution is 7.13. The van der Waals surface area contributed by atoms with Gasteiger partial charge in [0.25, 0.3) is 5.91 Å². The predicted molar refractivity (Wildman–Crippen MR) is 131 cm³/mol. The zero-order valence-corrected chi connectivity index (χ0v) is 19.6. The largest absolute Gasteiger partial charge is 0.348 e. The molecule has 0 spiro atoms. The van der Waals surface area contributed by atoms with Crippen molar-refractivity contribution in [2.45, 2.75) is 45.6 Å². The van der Waals surface area contributed by atoms with Crippen LogP contribution < -0.4 is 9.80 Å². The van der Waals surface area contributed by atoms with Gasteiger partial charge in [-0.1, -0.05) is 43.6 Å². The number of thiazole rings is 1. The van der Waals surface area contributed by atoms with Crippen LogP contribution in [0.4, 0.5) is 10.8 Å². The number of halogens is 1. The standard InChI is InChI=1S/C25H28ClN3OS/c1-18(2)22-8-4-5-9-23(22)29(24(30)19-10-12-20(26)13-11-19)16-21-17-31-25(27-21)28-14-6-3-7-15-28/h4-5,8-13,17-18H,3,6-7,14-16H2,1-2H3. The molecule has 0 saturated carbocycles. The third kappa shape index (κ3) is 5.10. The fourth-order valence-electron chi connectivity index (χ4n) is 4.00. The molecule has 0 bridgehead atoms. The van der Waals surface area contributed by atoms with Gasteiger partial charge in [0.2, 0.25) is 0 Å². The molecule has 6 heteroatoms. The van der Waals surface area contributed by atoms with E-state index < -0.39 is 0 Å². The van der Waals surface area contributed by atoms with Crippen molar-refractivity contribution in [3.63, 3.8) is 0 Å². The third-order valence-electron chi connectivity index (χ3n) is 5.67. The molecule has 162 valence electrons. The lowest BCUT2D eigenvalue weighted by Crippen LogP contribution is -2.32. The molecule has 4 rings (SSSR count). The quantitative estimate of drug-likeness (QED) is 0.413. The lowest BCUT2D eigenvalue weighted by atomic mass is 10.00. The van der Waals surface area contributed by atoms with E-state index in [0.29, 0.717) is 23.0 Å². The summed E-state index contributed by atoms with van der Waals surface area (Å²) in [6, 6.07) is 15.2. The molecule has 4 nitrogen and oxygen atoms in total. The second-order valence-electron chi connectivity index (χ2n) is 8.28. The number of piperidine rings is 1. The summed E-state index contributed by atoms with van der Waals surface area (Å²) in [6.45, 7) is 6.88. The van der Waals surface area contributed by atoms with E-state index >= 15 is 0 Å². The maximum absolute atomic E-state index is 13.6. The van der Waals surface area contributed by atoms with Gasteiger partial charge in [-0.15, -0.1) is 11.3 Å². The molecule has 1 aromatic heterocycles. The zero-order chi connectivity index (χ0) is 21.8. The molecule has 3 aromatic rings. The molecule has 2 aromatic carbocycles. The van der Waals surface area contributed by atoms with E-state index in [-0.39, 0.29) is 5.91 Å². The van der Waals surface area contributed by atoms with Crippen molar-refractivity contribution in [2.75, 3.05) is 22.9 Å². The molecule has 1 amide bonds. The van der Waals surface area contributed by atoms with Gasteiger partial charge >= 0.3 is 0 Å². The normalized spacial score (nSPS) is 14.1. The highest BCUT2D eigenvalue weighted by Gasteiger charge is 2.23. The Morgan fingerprint density at radius 1 is 1.10 bits per heavy atom. The van der Waals surface area contributed by atoms with Crippen LogP contribution in [0.5, 0.6) is 0 Å². The minimum Gasteiger partial charge on any atom is -0.348 e. The number of anilines is 2. The van der Waals surface area contributed by atoms with Crippen LogP contribution in [0, 0.1) is 0 Å². The van der Waals surface area contributed by atoms with Gasteiger partial charge in [0, 0.05) is 34.7 Å². The Morgan fingerprint density at radius 3 is 2.52 bits per heavy atom. The first-order chi connectivity index (χ1) is 15.0. The number of hydrogen-bond acceptors (Lipinski definition) is 4. The van der Waals surface area contributed by atoms with E-state index in [0.717, 1.165) is 35.2 Å². The molecule has 1 aliphatic rings. The second kappa shape index (κ2) is 9.84. The molecule has 31 heavy (non-hydrogen) atoms. The number of rotatable bonds is 6. The van der Waals surface area contributed by atoms with Crippen molar-refractivity contribution in [3.8, 4) is 0 Å². The smallest absolute Gasteiger partial charge is 0.258 e. The Balaban J connectivity index is 1.67.